The molecule has 1 saturated heterocycles. The Kier molecular flexibility index (Phi) is 3.99. The lowest BCUT2D eigenvalue weighted by molar-refractivity contribution is -0.133. The van der Waals surface area contributed by atoms with Gasteiger partial charge in [-0.25, -0.2) is 0 Å². The molecule has 2 amide bonds. The van der Waals surface area contributed by atoms with E-state index in [4.69, 9.17) is 4.52 Å². The molecular formula is C18H20N4O3. The summed E-state index contributed by atoms with van der Waals surface area (Å²) < 4.78 is 5.18. The molecule has 0 N–H and O–H groups in total. The van der Waals surface area contributed by atoms with Crippen LogP contribution in [0.15, 0.2) is 28.8 Å². The summed E-state index contributed by atoms with van der Waals surface area (Å²) in [5.41, 5.74) is 1.67. The zero-order valence-corrected chi connectivity index (χ0v) is 14.1. The Hall–Kier alpha value is -2.70. The SMILES string of the molecule is CCc1nc([C@H]2CCCN2C(=O)CN2Cc3ccccc3C2=O)no1. The molecule has 0 aliphatic carbocycles. The summed E-state index contributed by atoms with van der Waals surface area (Å²) in [5.74, 6) is 1.01. The van der Waals surface area contributed by atoms with Gasteiger partial charge < -0.3 is 14.3 Å². The van der Waals surface area contributed by atoms with Crippen LogP contribution in [0, 0.1) is 0 Å². The van der Waals surface area contributed by atoms with Gasteiger partial charge >= 0.3 is 0 Å². The summed E-state index contributed by atoms with van der Waals surface area (Å²) in [4.78, 5) is 33.0. The number of benzene rings is 1. The molecule has 3 heterocycles. The van der Waals surface area contributed by atoms with Gasteiger partial charge in [0.25, 0.3) is 5.91 Å². The van der Waals surface area contributed by atoms with Gasteiger partial charge in [-0.1, -0.05) is 30.3 Å². The first-order chi connectivity index (χ1) is 12.2. The van der Waals surface area contributed by atoms with Gasteiger partial charge in [-0.3, -0.25) is 9.59 Å². The van der Waals surface area contributed by atoms with E-state index in [2.05, 4.69) is 10.1 Å². The number of aryl methyl sites for hydroxylation is 1. The average molecular weight is 340 g/mol. The molecule has 2 aromatic rings. The molecule has 7 nitrogen and oxygen atoms in total. The molecule has 7 heteroatoms. The van der Waals surface area contributed by atoms with Gasteiger partial charge in [-0.05, 0) is 24.5 Å². The molecule has 2 aliphatic heterocycles. The van der Waals surface area contributed by atoms with Crippen LogP contribution in [0.2, 0.25) is 0 Å². The van der Waals surface area contributed by atoms with Crippen LogP contribution in [0.3, 0.4) is 0 Å². The van der Waals surface area contributed by atoms with Crippen LogP contribution in [0.25, 0.3) is 0 Å². The van der Waals surface area contributed by atoms with Crippen LogP contribution < -0.4 is 0 Å². The van der Waals surface area contributed by atoms with Crippen molar-refractivity contribution in [2.24, 2.45) is 0 Å². The van der Waals surface area contributed by atoms with Crippen LogP contribution in [0.5, 0.6) is 0 Å². The second-order valence-electron chi connectivity index (χ2n) is 6.46. The standard InChI is InChI=1S/C18H20N4O3/c1-2-15-19-17(20-25-15)14-8-5-9-22(14)16(23)11-21-10-12-6-3-4-7-13(12)18(21)24/h3-4,6-7,14H,2,5,8-11H2,1H3/t14-/m1/s1. The van der Waals surface area contributed by atoms with E-state index < -0.39 is 0 Å². The monoisotopic (exact) mass is 340 g/mol. The van der Waals surface area contributed by atoms with Crippen LogP contribution in [-0.2, 0) is 17.8 Å². The predicted molar refractivity (Wildman–Crippen MR) is 88.5 cm³/mol. The van der Waals surface area contributed by atoms with Gasteiger partial charge in [0.15, 0.2) is 5.82 Å². The Bertz CT molecular complexity index is 816. The molecule has 1 aromatic carbocycles. The minimum atomic E-state index is -0.156. The fraction of sp³-hybridized carbons (Fsp3) is 0.444. The van der Waals surface area contributed by atoms with Gasteiger partial charge in [0.05, 0.1) is 6.04 Å². The molecule has 130 valence electrons. The molecule has 0 unspecified atom stereocenters. The Morgan fingerprint density at radius 2 is 2.20 bits per heavy atom. The van der Waals surface area contributed by atoms with E-state index >= 15 is 0 Å². The van der Waals surface area contributed by atoms with Crippen molar-refractivity contribution < 1.29 is 14.1 Å². The van der Waals surface area contributed by atoms with Crippen LogP contribution in [-0.4, -0.2) is 44.8 Å². The van der Waals surface area contributed by atoms with E-state index in [1.807, 2.05) is 31.2 Å². The van der Waals surface area contributed by atoms with Gasteiger partial charge in [-0.2, -0.15) is 4.98 Å². The van der Waals surface area contributed by atoms with Gasteiger partial charge in [0.1, 0.15) is 6.54 Å². The molecule has 2 aliphatic rings. The summed E-state index contributed by atoms with van der Waals surface area (Å²) in [6.07, 6.45) is 2.40. The number of carbonyl (C=O) groups is 2. The number of aromatic nitrogens is 2. The van der Waals surface area contributed by atoms with E-state index in [-0.39, 0.29) is 24.4 Å². The number of nitrogens with zero attached hydrogens (tertiary/aromatic N) is 4. The molecule has 4 rings (SSSR count). The molecule has 25 heavy (non-hydrogen) atoms. The number of hydrogen-bond donors (Lipinski definition) is 0. The van der Waals surface area contributed by atoms with Crippen LogP contribution in [0.1, 0.15) is 53.4 Å². The lowest BCUT2D eigenvalue weighted by atomic mass is 10.1. The summed E-state index contributed by atoms with van der Waals surface area (Å²) >= 11 is 0. The third-order valence-electron chi connectivity index (χ3n) is 4.88. The molecule has 0 bridgehead atoms. The van der Waals surface area contributed by atoms with Crippen LogP contribution in [0.4, 0.5) is 0 Å². The predicted octanol–water partition coefficient (Wildman–Crippen LogP) is 1.95. The number of carbonyl (C=O) groups excluding carboxylic acids is 2. The van der Waals surface area contributed by atoms with E-state index in [0.717, 1.165) is 18.4 Å². The minimum Gasteiger partial charge on any atom is -0.339 e. The first kappa shape index (κ1) is 15.8. The first-order valence-corrected chi connectivity index (χ1v) is 8.66. The van der Waals surface area contributed by atoms with E-state index in [0.29, 0.717) is 36.8 Å². The Balaban J connectivity index is 1.47. The fourth-order valence-electron chi connectivity index (χ4n) is 3.58. The fourth-order valence-corrected chi connectivity index (χ4v) is 3.58. The number of fused-ring (bicyclic) bond motifs is 1. The quantitative estimate of drug-likeness (QED) is 0.850. The minimum absolute atomic E-state index is 0.0634. The maximum atomic E-state index is 12.8. The van der Waals surface area contributed by atoms with Crippen molar-refractivity contribution >= 4 is 11.8 Å². The van der Waals surface area contributed by atoms with Crippen molar-refractivity contribution in [3.05, 3.63) is 47.1 Å². The molecule has 1 atom stereocenters. The molecule has 1 fully saturated rings. The summed E-state index contributed by atoms with van der Waals surface area (Å²) in [5, 5.41) is 4.02. The highest BCUT2D eigenvalue weighted by molar-refractivity contribution is 6.00. The highest BCUT2D eigenvalue weighted by Crippen LogP contribution is 2.31. The zero-order valence-electron chi connectivity index (χ0n) is 14.1. The number of amides is 2. The third kappa shape index (κ3) is 2.79. The summed E-state index contributed by atoms with van der Waals surface area (Å²) in [7, 11) is 0. The molecule has 0 saturated carbocycles. The smallest absolute Gasteiger partial charge is 0.254 e. The number of rotatable bonds is 4. The highest BCUT2D eigenvalue weighted by Gasteiger charge is 2.36. The summed E-state index contributed by atoms with van der Waals surface area (Å²) in [6.45, 7) is 3.18. The second kappa shape index (κ2) is 6.31. The Labute approximate surface area is 145 Å². The maximum Gasteiger partial charge on any atom is 0.254 e. The average Bonchev–Trinajstić information content (AvgIpc) is 3.34. The van der Waals surface area contributed by atoms with Gasteiger partial charge in [-0.15, -0.1) is 0 Å². The Morgan fingerprint density at radius 3 is 2.96 bits per heavy atom. The van der Waals surface area contributed by atoms with Crippen molar-refractivity contribution in [2.75, 3.05) is 13.1 Å². The van der Waals surface area contributed by atoms with Gasteiger partial charge in [0, 0.05) is 25.1 Å². The molecule has 1 aromatic heterocycles. The molecule has 0 spiro atoms. The maximum absolute atomic E-state index is 12.8. The molecular weight excluding hydrogens is 320 g/mol. The lowest BCUT2D eigenvalue weighted by Crippen LogP contribution is -2.40. The van der Waals surface area contributed by atoms with E-state index in [1.54, 1.807) is 9.80 Å². The van der Waals surface area contributed by atoms with Crippen molar-refractivity contribution in [3.63, 3.8) is 0 Å². The normalized spacial score (nSPS) is 19.6. The lowest BCUT2D eigenvalue weighted by Gasteiger charge is -2.25. The van der Waals surface area contributed by atoms with E-state index in [1.165, 1.54) is 0 Å². The van der Waals surface area contributed by atoms with Crippen molar-refractivity contribution in [1.82, 2.24) is 19.9 Å². The number of hydrogen-bond acceptors (Lipinski definition) is 5. The zero-order chi connectivity index (χ0) is 17.4. The second-order valence-corrected chi connectivity index (χ2v) is 6.46. The highest BCUT2D eigenvalue weighted by atomic mass is 16.5. The number of likely N-dealkylation sites (tertiary alicyclic amines) is 1. The topological polar surface area (TPSA) is 79.5 Å². The first-order valence-electron chi connectivity index (χ1n) is 8.66. The largest absolute Gasteiger partial charge is 0.339 e. The van der Waals surface area contributed by atoms with E-state index in [9.17, 15) is 9.59 Å². The third-order valence-corrected chi connectivity index (χ3v) is 4.88. The van der Waals surface area contributed by atoms with Crippen LogP contribution >= 0.6 is 0 Å². The van der Waals surface area contributed by atoms with Crippen molar-refractivity contribution in [3.8, 4) is 0 Å². The van der Waals surface area contributed by atoms with Crippen molar-refractivity contribution in [1.29, 1.82) is 0 Å². The Morgan fingerprint density at radius 1 is 1.36 bits per heavy atom. The summed E-state index contributed by atoms with van der Waals surface area (Å²) in [6, 6.07) is 7.35. The van der Waals surface area contributed by atoms with Crippen molar-refractivity contribution in [2.45, 2.75) is 38.8 Å². The molecule has 0 radical (unpaired) electrons. The van der Waals surface area contributed by atoms with Gasteiger partial charge in [0.2, 0.25) is 11.8 Å².